The Morgan fingerprint density at radius 3 is 2.43 bits per heavy atom. The van der Waals surface area contributed by atoms with Gasteiger partial charge in [-0.1, -0.05) is 0 Å². The number of methoxy groups -OCH3 is 1. The fraction of sp³-hybridized carbons (Fsp3) is 0.538. The van der Waals surface area contributed by atoms with Crippen molar-refractivity contribution in [3.05, 3.63) is 28.3 Å². The Morgan fingerprint density at radius 2 is 1.96 bits per heavy atom. The summed E-state index contributed by atoms with van der Waals surface area (Å²) >= 11 is 0. The Morgan fingerprint density at radius 1 is 1.35 bits per heavy atom. The number of halogens is 1. The van der Waals surface area contributed by atoms with Crippen LogP contribution < -0.4 is 10.1 Å². The van der Waals surface area contributed by atoms with Gasteiger partial charge in [0.25, 0.3) is 5.69 Å². The largest absolute Gasteiger partial charge is 0.497 e. The van der Waals surface area contributed by atoms with Crippen molar-refractivity contribution in [3.63, 3.8) is 0 Å². The Bertz CT molecular complexity index is 660. The van der Waals surface area contributed by atoms with Gasteiger partial charge in [0.1, 0.15) is 5.75 Å². The summed E-state index contributed by atoms with van der Waals surface area (Å²) in [5, 5.41) is 14.3. The van der Waals surface area contributed by atoms with Crippen LogP contribution in [-0.2, 0) is 10.0 Å². The molecule has 8 nitrogen and oxygen atoms in total. The number of hydrogen-bond donors (Lipinski definition) is 1. The molecule has 0 radical (unpaired) electrons. The summed E-state index contributed by atoms with van der Waals surface area (Å²) < 4.78 is 31.6. The summed E-state index contributed by atoms with van der Waals surface area (Å²) in [5.74, 6) is 0.250. The molecular weight excluding hydrogens is 346 g/mol. The number of ether oxygens (including phenoxy) is 1. The number of hydrogen-bond acceptors (Lipinski definition) is 6. The van der Waals surface area contributed by atoms with Crippen LogP contribution in [0.1, 0.15) is 12.8 Å². The van der Waals surface area contributed by atoms with Crippen molar-refractivity contribution < 1.29 is 18.1 Å². The van der Waals surface area contributed by atoms with Crippen LogP contribution in [0.4, 0.5) is 5.69 Å². The second kappa shape index (κ2) is 7.91. The van der Waals surface area contributed by atoms with Crippen LogP contribution in [0, 0.1) is 10.1 Å². The Balaban J connectivity index is 0.00000264. The van der Waals surface area contributed by atoms with E-state index in [9.17, 15) is 18.5 Å². The standard InChI is InChI=1S/C13H19N3O5S.ClH/c1-14-10-5-7-15(8-6-10)22(19,20)13-4-3-11(21-2)9-12(13)16(17)18;/h3-4,9-10,14H,5-8H2,1-2H3;1H. The molecule has 0 unspecified atom stereocenters. The van der Waals surface area contributed by atoms with Crippen molar-refractivity contribution in [2.24, 2.45) is 0 Å². The molecule has 1 heterocycles. The van der Waals surface area contributed by atoms with E-state index >= 15 is 0 Å². The summed E-state index contributed by atoms with van der Waals surface area (Å²) in [6.45, 7) is 0.689. The van der Waals surface area contributed by atoms with Gasteiger partial charge in [-0.3, -0.25) is 10.1 Å². The van der Waals surface area contributed by atoms with Crippen LogP contribution >= 0.6 is 12.4 Å². The lowest BCUT2D eigenvalue weighted by Gasteiger charge is -2.30. The third-order valence-corrected chi connectivity index (χ3v) is 5.79. The van der Waals surface area contributed by atoms with Crippen LogP contribution in [-0.4, -0.2) is 50.9 Å². The van der Waals surface area contributed by atoms with Crippen LogP contribution in [0.5, 0.6) is 5.75 Å². The number of nitro benzene ring substituents is 1. The second-order valence-electron chi connectivity index (χ2n) is 5.06. The smallest absolute Gasteiger partial charge is 0.293 e. The monoisotopic (exact) mass is 365 g/mol. The van der Waals surface area contributed by atoms with Crippen LogP contribution in [0.2, 0.25) is 0 Å². The molecule has 0 aliphatic carbocycles. The number of rotatable bonds is 5. The highest BCUT2D eigenvalue weighted by atomic mass is 35.5. The summed E-state index contributed by atoms with van der Waals surface area (Å²) in [7, 11) is -0.679. The molecule has 1 N–H and O–H groups in total. The SMILES string of the molecule is CNC1CCN(S(=O)(=O)c2ccc(OC)cc2[N+](=O)[O-])CC1.Cl. The van der Waals surface area contributed by atoms with Crippen molar-refractivity contribution in [2.45, 2.75) is 23.8 Å². The van der Waals surface area contributed by atoms with E-state index in [4.69, 9.17) is 4.74 Å². The highest BCUT2D eigenvalue weighted by Gasteiger charge is 2.34. The number of benzene rings is 1. The predicted octanol–water partition coefficient (Wildman–Crippen LogP) is 1.40. The van der Waals surface area contributed by atoms with Crippen LogP contribution in [0.15, 0.2) is 23.1 Å². The summed E-state index contributed by atoms with van der Waals surface area (Å²) in [6, 6.07) is 4.06. The van der Waals surface area contributed by atoms with Gasteiger partial charge in [-0.05, 0) is 32.0 Å². The second-order valence-corrected chi connectivity index (χ2v) is 6.96. The predicted molar refractivity (Wildman–Crippen MR) is 87.7 cm³/mol. The van der Waals surface area contributed by atoms with Crippen molar-refractivity contribution in [1.82, 2.24) is 9.62 Å². The molecule has 0 bridgehead atoms. The molecular formula is C13H20ClN3O5S. The first-order chi connectivity index (χ1) is 10.4. The zero-order valence-corrected chi connectivity index (χ0v) is 14.5. The summed E-state index contributed by atoms with van der Waals surface area (Å²) in [5.41, 5.74) is -0.463. The zero-order valence-electron chi connectivity index (χ0n) is 12.9. The van der Waals surface area contributed by atoms with Gasteiger partial charge in [0.2, 0.25) is 10.0 Å². The topological polar surface area (TPSA) is 102 Å². The molecule has 10 heteroatoms. The molecule has 1 aromatic carbocycles. The van der Waals surface area contributed by atoms with E-state index in [1.165, 1.54) is 23.5 Å². The summed E-state index contributed by atoms with van der Waals surface area (Å²) in [4.78, 5) is 10.2. The van der Waals surface area contributed by atoms with Gasteiger partial charge in [0.15, 0.2) is 4.90 Å². The normalized spacial score (nSPS) is 16.6. The van der Waals surface area contributed by atoms with Crippen molar-refractivity contribution in [3.8, 4) is 5.75 Å². The fourth-order valence-electron chi connectivity index (χ4n) is 2.51. The van der Waals surface area contributed by atoms with Gasteiger partial charge in [-0.2, -0.15) is 4.31 Å². The van der Waals surface area contributed by atoms with E-state index < -0.39 is 20.6 Å². The van der Waals surface area contributed by atoms with E-state index in [0.717, 1.165) is 6.07 Å². The van der Waals surface area contributed by atoms with Gasteiger partial charge in [0, 0.05) is 19.1 Å². The third-order valence-electron chi connectivity index (χ3n) is 3.84. The number of nitrogens with zero attached hydrogens (tertiary/aromatic N) is 2. The highest BCUT2D eigenvalue weighted by molar-refractivity contribution is 7.89. The molecule has 2 rings (SSSR count). The van der Waals surface area contributed by atoms with Crippen LogP contribution in [0.25, 0.3) is 0 Å². The Labute approximate surface area is 141 Å². The minimum atomic E-state index is -3.89. The maximum Gasteiger partial charge on any atom is 0.293 e. The first kappa shape index (κ1) is 19.6. The van der Waals surface area contributed by atoms with Gasteiger partial charge < -0.3 is 10.1 Å². The fourth-order valence-corrected chi connectivity index (χ4v) is 4.12. The lowest BCUT2D eigenvalue weighted by Crippen LogP contribution is -2.43. The number of piperidine rings is 1. The minimum Gasteiger partial charge on any atom is -0.497 e. The highest BCUT2D eigenvalue weighted by Crippen LogP contribution is 2.31. The van der Waals surface area contributed by atoms with Gasteiger partial charge in [-0.15, -0.1) is 12.4 Å². The molecule has 130 valence electrons. The van der Waals surface area contributed by atoms with Crippen molar-refractivity contribution >= 4 is 28.1 Å². The van der Waals surface area contributed by atoms with Crippen molar-refractivity contribution in [2.75, 3.05) is 27.2 Å². The third kappa shape index (κ3) is 4.11. The number of sulfonamides is 1. The summed E-state index contributed by atoms with van der Waals surface area (Å²) in [6.07, 6.45) is 1.36. The van der Waals surface area contributed by atoms with Crippen LogP contribution in [0.3, 0.4) is 0 Å². The Kier molecular flexibility index (Phi) is 6.75. The Hall–Kier alpha value is -1.42. The lowest BCUT2D eigenvalue weighted by atomic mass is 10.1. The molecule has 1 aromatic rings. The molecule has 1 aliphatic rings. The van der Waals surface area contributed by atoms with Gasteiger partial charge >= 0.3 is 0 Å². The zero-order chi connectivity index (χ0) is 16.3. The maximum atomic E-state index is 12.7. The van der Waals surface area contributed by atoms with E-state index in [2.05, 4.69) is 5.32 Å². The van der Waals surface area contributed by atoms with E-state index in [1.807, 2.05) is 7.05 Å². The average Bonchev–Trinajstić information content (AvgIpc) is 2.54. The molecule has 1 fully saturated rings. The lowest BCUT2D eigenvalue weighted by molar-refractivity contribution is -0.387. The number of nitrogens with one attached hydrogen (secondary N) is 1. The van der Waals surface area contributed by atoms with E-state index in [-0.39, 0.29) is 29.1 Å². The minimum absolute atomic E-state index is 0. The van der Waals surface area contributed by atoms with Crippen molar-refractivity contribution in [1.29, 1.82) is 0 Å². The molecule has 1 saturated heterocycles. The molecule has 0 aromatic heterocycles. The quantitative estimate of drug-likeness (QED) is 0.625. The molecule has 1 aliphatic heterocycles. The molecule has 0 amide bonds. The maximum absolute atomic E-state index is 12.7. The van der Waals surface area contributed by atoms with Gasteiger partial charge in [-0.25, -0.2) is 8.42 Å². The first-order valence-electron chi connectivity index (χ1n) is 6.90. The molecule has 0 saturated carbocycles. The van der Waals surface area contributed by atoms with E-state index in [0.29, 0.717) is 25.9 Å². The molecule has 0 spiro atoms. The average molecular weight is 366 g/mol. The van der Waals surface area contributed by atoms with E-state index in [1.54, 1.807) is 0 Å². The first-order valence-corrected chi connectivity index (χ1v) is 8.34. The molecule has 0 atom stereocenters. The van der Waals surface area contributed by atoms with Gasteiger partial charge in [0.05, 0.1) is 18.1 Å². The molecule has 23 heavy (non-hydrogen) atoms. The number of nitro groups is 1.